The van der Waals surface area contributed by atoms with Crippen molar-refractivity contribution in [2.45, 2.75) is 26.3 Å². The molecule has 0 fully saturated rings. The average Bonchev–Trinajstić information content (AvgIpc) is 2.33. The van der Waals surface area contributed by atoms with Crippen LogP contribution in [0.1, 0.15) is 29.2 Å². The van der Waals surface area contributed by atoms with Gasteiger partial charge < -0.3 is 14.7 Å². The van der Waals surface area contributed by atoms with Gasteiger partial charge in [-0.2, -0.15) is 0 Å². The van der Waals surface area contributed by atoms with E-state index in [0.717, 1.165) is 27.5 Å². The molecule has 1 N–H and O–H groups in total. The molecule has 0 heterocycles. The molecule has 0 amide bonds. The summed E-state index contributed by atoms with van der Waals surface area (Å²) in [5.41, 5.74) is 3.10. The summed E-state index contributed by atoms with van der Waals surface area (Å²) in [6, 6.07) is 2.06. The molecule has 1 aromatic rings. The Morgan fingerprint density at radius 2 is 2.00 bits per heavy atom. The van der Waals surface area contributed by atoms with Gasteiger partial charge in [-0.15, -0.1) is 0 Å². The highest BCUT2D eigenvalue weighted by molar-refractivity contribution is 6.32. The first-order chi connectivity index (χ1) is 8.43. The quantitative estimate of drug-likeness (QED) is 0.894. The molecule has 0 saturated heterocycles. The zero-order valence-corrected chi connectivity index (χ0v) is 12.5. The maximum atomic E-state index is 9.22. The summed E-state index contributed by atoms with van der Waals surface area (Å²) in [4.78, 5) is 2.08. The van der Waals surface area contributed by atoms with E-state index in [9.17, 15) is 5.11 Å². The van der Waals surface area contributed by atoms with Crippen molar-refractivity contribution in [3.05, 3.63) is 27.8 Å². The molecule has 4 heteroatoms. The zero-order valence-electron chi connectivity index (χ0n) is 11.7. The Morgan fingerprint density at radius 1 is 1.39 bits per heavy atom. The minimum atomic E-state index is 0.100. The second-order valence-electron chi connectivity index (χ2n) is 4.74. The molecule has 1 rings (SSSR count). The Hall–Kier alpha value is -0.770. The van der Waals surface area contributed by atoms with Crippen molar-refractivity contribution in [2.24, 2.45) is 0 Å². The molecule has 0 spiro atoms. The molecule has 0 bridgehead atoms. The van der Waals surface area contributed by atoms with Crippen LogP contribution in [-0.4, -0.2) is 37.8 Å². The van der Waals surface area contributed by atoms with E-state index >= 15 is 0 Å². The van der Waals surface area contributed by atoms with Gasteiger partial charge in [-0.3, -0.25) is 0 Å². The Balaban J connectivity index is 3.40. The smallest absolute Gasteiger partial charge is 0.124 e. The second-order valence-corrected chi connectivity index (χ2v) is 5.12. The Bertz CT molecular complexity index is 419. The Labute approximate surface area is 114 Å². The predicted molar refractivity (Wildman–Crippen MR) is 75.6 cm³/mol. The normalized spacial score (nSPS) is 12.9. The predicted octanol–water partition coefficient (Wildman–Crippen LogP) is 2.95. The van der Waals surface area contributed by atoms with Crippen LogP contribution in [-0.2, 0) is 0 Å². The van der Waals surface area contributed by atoms with Gasteiger partial charge in [0.2, 0.25) is 0 Å². The molecule has 0 aliphatic heterocycles. The van der Waals surface area contributed by atoms with Crippen LogP contribution in [0.5, 0.6) is 5.75 Å². The van der Waals surface area contributed by atoms with Crippen molar-refractivity contribution in [2.75, 3.05) is 27.8 Å². The molecule has 3 nitrogen and oxygen atoms in total. The van der Waals surface area contributed by atoms with Crippen LogP contribution in [0, 0.1) is 13.8 Å². The van der Waals surface area contributed by atoms with Crippen molar-refractivity contribution >= 4 is 11.6 Å². The van der Waals surface area contributed by atoms with Gasteiger partial charge in [-0.05, 0) is 51.6 Å². The van der Waals surface area contributed by atoms with Crippen molar-refractivity contribution in [1.29, 1.82) is 0 Å². The highest BCUT2D eigenvalue weighted by atomic mass is 35.5. The first-order valence-corrected chi connectivity index (χ1v) is 6.42. The van der Waals surface area contributed by atoms with E-state index in [1.54, 1.807) is 7.11 Å². The fourth-order valence-electron chi connectivity index (χ4n) is 2.30. The summed E-state index contributed by atoms with van der Waals surface area (Å²) in [6.45, 7) is 4.11. The van der Waals surface area contributed by atoms with Gasteiger partial charge in [0.15, 0.2) is 0 Å². The molecule has 0 saturated carbocycles. The van der Waals surface area contributed by atoms with E-state index in [4.69, 9.17) is 16.3 Å². The summed E-state index contributed by atoms with van der Waals surface area (Å²) >= 11 is 6.32. The average molecular weight is 272 g/mol. The van der Waals surface area contributed by atoms with E-state index in [1.165, 1.54) is 0 Å². The van der Waals surface area contributed by atoms with Gasteiger partial charge in [0, 0.05) is 23.2 Å². The minimum absolute atomic E-state index is 0.100. The molecule has 1 unspecified atom stereocenters. The van der Waals surface area contributed by atoms with Gasteiger partial charge in [0.25, 0.3) is 0 Å². The van der Waals surface area contributed by atoms with E-state index in [1.807, 2.05) is 34.0 Å². The summed E-state index contributed by atoms with van der Waals surface area (Å²) < 4.78 is 5.47. The minimum Gasteiger partial charge on any atom is -0.496 e. The van der Waals surface area contributed by atoms with Gasteiger partial charge in [0.05, 0.1) is 7.11 Å². The molecule has 0 aliphatic rings. The fourth-order valence-corrected chi connectivity index (χ4v) is 2.46. The number of nitrogens with zero attached hydrogens (tertiary/aromatic N) is 1. The fraction of sp³-hybridized carbons (Fsp3) is 0.571. The largest absolute Gasteiger partial charge is 0.496 e. The number of halogens is 1. The number of benzene rings is 1. The number of hydrogen-bond donors (Lipinski definition) is 1. The third kappa shape index (κ3) is 2.97. The molecule has 1 atom stereocenters. The Kier molecular flexibility index (Phi) is 5.45. The number of aliphatic hydroxyl groups is 1. The summed E-state index contributed by atoms with van der Waals surface area (Å²) in [5.74, 6) is 0.835. The van der Waals surface area contributed by atoms with Crippen molar-refractivity contribution in [1.82, 2.24) is 4.90 Å². The lowest BCUT2D eigenvalue weighted by Crippen LogP contribution is -2.22. The molecule has 0 radical (unpaired) electrons. The third-order valence-corrected chi connectivity index (χ3v) is 3.85. The number of rotatable bonds is 5. The Morgan fingerprint density at radius 3 is 2.44 bits per heavy atom. The lowest BCUT2D eigenvalue weighted by molar-refractivity contribution is 0.207. The molecule has 1 aromatic carbocycles. The lowest BCUT2D eigenvalue weighted by atomic mass is 9.95. The number of methoxy groups -OCH3 is 1. The SMILES string of the molecule is COc1cc(C)c(Cl)c(C)c1C(CCO)N(C)C. The lowest BCUT2D eigenvalue weighted by Gasteiger charge is -2.28. The van der Waals surface area contributed by atoms with Crippen molar-refractivity contribution in [3.8, 4) is 5.75 Å². The van der Waals surface area contributed by atoms with Crippen LogP contribution in [0.15, 0.2) is 6.07 Å². The first-order valence-electron chi connectivity index (χ1n) is 6.04. The van der Waals surface area contributed by atoms with E-state index in [0.29, 0.717) is 6.42 Å². The maximum absolute atomic E-state index is 9.22. The number of aliphatic hydroxyl groups excluding tert-OH is 1. The van der Waals surface area contributed by atoms with E-state index < -0.39 is 0 Å². The van der Waals surface area contributed by atoms with Gasteiger partial charge in [0.1, 0.15) is 5.75 Å². The summed E-state index contributed by atoms with van der Waals surface area (Å²) in [5, 5.41) is 10.00. The molecule has 102 valence electrons. The van der Waals surface area contributed by atoms with Crippen LogP contribution in [0.25, 0.3) is 0 Å². The highest BCUT2D eigenvalue weighted by Gasteiger charge is 2.22. The second kappa shape index (κ2) is 6.41. The number of aryl methyl sites for hydroxylation is 1. The number of ether oxygens (including phenoxy) is 1. The first kappa shape index (κ1) is 15.3. The van der Waals surface area contributed by atoms with Crippen molar-refractivity contribution in [3.63, 3.8) is 0 Å². The van der Waals surface area contributed by atoms with Gasteiger partial charge in [-0.1, -0.05) is 11.6 Å². The standard InChI is InChI=1S/C14H22ClNO2/c1-9-8-12(18-5)13(10(2)14(9)15)11(6-7-17)16(3)4/h8,11,17H,6-7H2,1-5H3. The highest BCUT2D eigenvalue weighted by Crippen LogP contribution is 2.38. The van der Waals surface area contributed by atoms with Crippen LogP contribution >= 0.6 is 11.6 Å². The van der Waals surface area contributed by atoms with E-state index in [2.05, 4.69) is 4.90 Å². The summed E-state index contributed by atoms with van der Waals surface area (Å²) in [7, 11) is 5.65. The van der Waals surface area contributed by atoms with Crippen LogP contribution < -0.4 is 4.74 Å². The molecular formula is C14H22ClNO2. The van der Waals surface area contributed by atoms with E-state index in [-0.39, 0.29) is 12.6 Å². The molecule has 18 heavy (non-hydrogen) atoms. The summed E-state index contributed by atoms with van der Waals surface area (Å²) in [6.07, 6.45) is 0.656. The van der Waals surface area contributed by atoms with Crippen molar-refractivity contribution < 1.29 is 9.84 Å². The molecular weight excluding hydrogens is 250 g/mol. The molecule has 0 aliphatic carbocycles. The van der Waals surface area contributed by atoms with Gasteiger partial charge in [-0.25, -0.2) is 0 Å². The third-order valence-electron chi connectivity index (χ3n) is 3.27. The maximum Gasteiger partial charge on any atom is 0.124 e. The molecule has 0 aromatic heterocycles. The van der Waals surface area contributed by atoms with Crippen LogP contribution in [0.2, 0.25) is 5.02 Å². The van der Waals surface area contributed by atoms with Crippen LogP contribution in [0.4, 0.5) is 0 Å². The monoisotopic (exact) mass is 271 g/mol. The van der Waals surface area contributed by atoms with Gasteiger partial charge >= 0.3 is 0 Å². The topological polar surface area (TPSA) is 32.7 Å². The van der Waals surface area contributed by atoms with Crippen LogP contribution in [0.3, 0.4) is 0 Å². The zero-order chi connectivity index (χ0) is 13.9. The number of hydrogen-bond acceptors (Lipinski definition) is 3.